The van der Waals surface area contributed by atoms with E-state index in [9.17, 15) is 0 Å². The Kier molecular flexibility index (Phi) is 1.79. The van der Waals surface area contributed by atoms with E-state index >= 15 is 0 Å². The van der Waals surface area contributed by atoms with Gasteiger partial charge in [0, 0.05) is 6.42 Å². The van der Waals surface area contributed by atoms with Gasteiger partial charge >= 0.3 is 0 Å². The summed E-state index contributed by atoms with van der Waals surface area (Å²) < 4.78 is 5.37. The highest BCUT2D eigenvalue weighted by atomic mass is 16.5. The molecule has 0 bridgehead atoms. The average molecular weight is 166 g/mol. The van der Waals surface area contributed by atoms with Crippen LogP contribution in [0.2, 0.25) is 0 Å². The Hall–Kier alpha value is -0.990. The normalized spacial score (nSPS) is 29.1. The largest absolute Gasteiger partial charge is 0.431 e. The van der Waals surface area contributed by atoms with Crippen molar-refractivity contribution in [1.29, 1.82) is 0 Å². The molecule has 0 saturated carbocycles. The molecule has 2 rings (SSSR count). The molecule has 1 aliphatic heterocycles. The van der Waals surface area contributed by atoms with Crippen LogP contribution < -0.4 is 5.73 Å². The van der Waals surface area contributed by atoms with Crippen LogP contribution >= 0.6 is 0 Å². The molecule has 0 spiro atoms. The molecule has 1 unspecified atom stereocenters. The summed E-state index contributed by atoms with van der Waals surface area (Å²) in [7, 11) is 0. The van der Waals surface area contributed by atoms with Crippen molar-refractivity contribution in [2.45, 2.75) is 38.6 Å². The molecule has 0 aromatic carbocycles. The smallest absolute Gasteiger partial charge is 0.287 e. The van der Waals surface area contributed by atoms with Crippen LogP contribution in [0, 0.1) is 0 Å². The molecule has 3 nitrogen and oxygen atoms in total. The van der Waals surface area contributed by atoms with E-state index in [1.54, 1.807) is 0 Å². The van der Waals surface area contributed by atoms with Crippen molar-refractivity contribution in [1.82, 2.24) is 0 Å². The number of allylic oxidation sites excluding steroid dienone is 1. The molecule has 0 aromatic rings. The average Bonchev–Trinajstić information content (AvgIpc) is 2.04. The Labute approximate surface area is 72.3 Å². The van der Waals surface area contributed by atoms with Crippen LogP contribution in [0.1, 0.15) is 32.6 Å². The summed E-state index contributed by atoms with van der Waals surface area (Å²) in [6.07, 6.45) is 4.66. The first-order valence-electron chi connectivity index (χ1n) is 4.50. The second-order valence-electron chi connectivity index (χ2n) is 3.40. The minimum absolute atomic E-state index is 0.244. The van der Waals surface area contributed by atoms with Crippen molar-refractivity contribution in [3.05, 3.63) is 11.3 Å². The van der Waals surface area contributed by atoms with Crippen molar-refractivity contribution < 1.29 is 4.74 Å². The molecule has 66 valence electrons. The van der Waals surface area contributed by atoms with Gasteiger partial charge in [-0.1, -0.05) is 0 Å². The molecule has 0 aromatic heterocycles. The highest BCUT2D eigenvalue weighted by molar-refractivity contribution is 5.74. The lowest BCUT2D eigenvalue weighted by molar-refractivity contribution is 0.335. The summed E-state index contributed by atoms with van der Waals surface area (Å²) >= 11 is 0. The highest BCUT2D eigenvalue weighted by Crippen LogP contribution is 2.31. The van der Waals surface area contributed by atoms with Crippen molar-refractivity contribution in [2.75, 3.05) is 0 Å². The van der Waals surface area contributed by atoms with Gasteiger partial charge < -0.3 is 10.5 Å². The molecule has 0 radical (unpaired) electrons. The zero-order valence-corrected chi connectivity index (χ0v) is 7.34. The first-order valence-corrected chi connectivity index (χ1v) is 4.50. The molecule has 1 atom stereocenters. The Morgan fingerprint density at radius 1 is 1.42 bits per heavy atom. The highest BCUT2D eigenvalue weighted by Gasteiger charge is 2.23. The molecule has 3 heteroatoms. The minimum Gasteiger partial charge on any atom is -0.431 e. The van der Waals surface area contributed by atoms with Gasteiger partial charge in [0.15, 0.2) is 0 Å². The first kappa shape index (κ1) is 7.65. The summed E-state index contributed by atoms with van der Waals surface area (Å²) in [6, 6.07) is 0.581. The number of hydrogen-bond acceptors (Lipinski definition) is 3. The van der Waals surface area contributed by atoms with E-state index in [4.69, 9.17) is 10.5 Å². The van der Waals surface area contributed by atoms with Gasteiger partial charge in [0.05, 0.1) is 6.04 Å². The SMILES string of the molecule is CC1N=C(N)OC2=C1CCCC2. The topological polar surface area (TPSA) is 47.6 Å². The van der Waals surface area contributed by atoms with Crippen molar-refractivity contribution in [3.8, 4) is 0 Å². The second-order valence-corrected chi connectivity index (χ2v) is 3.40. The number of nitrogens with zero attached hydrogens (tertiary/aromatic N) is 1. The summed E-state index contributed by atoms with van der Waals surface area (Å²) in [5.41, 5.74) is 6.88. The standard InChI is InChI=1S/C9H14N2O/c1-6-7-4-2-3-5-8(7)12-9(10)11-6/h6H,2-5H2,1H3,(H2,10,11). The molecule has 12 heavy (non-hydrogen) atoms. The van der Waals surface area contributed by atoms with E-state index in [1.165, 1.54) is 18.4 Å². The zero-order valence-electron chi connectivity index (χ0n) is 7.34. The number of rotatable bonds is 0. The minimum atomic E-state index is 0.244. The Morgan fingerprint density at radius 2 is 2.17 bits per heavy atom. The first-order chi connectivity index (χ1) is 5.77. The van der Waals surface area contributed by atoms with Gasteiger partial charge in [-0.25, -0.2) is 4.99 Å². The van der Waals surface area contributed by atoms with Gasteiger partial charge in [0.25, 0.3) is 6.02 Å². The van der Waals surface area contributed by atoms with Gasteiger partial charge in [-0.3, -0.25) is 0 Å². The summed E-state index contributed by atoms with van der Waals surface area (Å²) in [4.78, 5) is 4.18. The zero-order chi connectivity index (χ0) is 8.55. The van der Waals surface area contributed by atoms with E-state index in [0.29, 0.717) is 6.02 Å². The third kappa shape index (κ3) is 1.19. The number of nitrogens with two attached hydrogens (primary N) is 1. The van der Waals surface area contributed by atoms with Crippen LogP contribution in [0.25, 0.3) is 0 Å². The fraction of sp³-hybridized carbons (Fsp3) is 0.667. The number of hydrogen-bond donors (Lipinski definition) is 1. The van der Waals surface area contributed by atoms with Crippen LogP contribution in [-0.2, 0) is 4.74 Å². The van der Waals surface area contributed by atoms with Crippen LogP contribution in [0.4, 0.5) is 0 Å². The van der Waals surface area contributed by atoms with Gasteiger partial charge in [0.2, 0.25) is 0 Å². The maximum Gasteiger partial charge on any atom is 0.287 e. The van der Waals surface area contributed by atoms with Crippen LogP contribution in [0.5, 0.6) is 0 Å². The molecule has 0 saturated heterocycles. The Morgan fingerprint density at radius 3 is 3.00 bits per heavy atom. The molecular formula is C9H14N2O. The Balaban J connectivity index is 2.25. The molecule has 2 aliphatic rings. The van der Waals surface area contributed by atoms with Crippen LogP contribution in [-0.4, -0.2) is 12.1 Å². The van der Waals surface area contributed by atoms with Gasteiger partial charge in [-0.15, -0.1) is 0 Å². The van der Waals surface area contributed by atoms with Crippen molar-refractivity contribution in [3.63, 3.8) is 0 Å². The van der Waals surface area contributed by atoms with Crippen molar-refractivity contribution in [2.24, 2.45) is 10.7 Å². The number of ether oxygens (including phenoxy) is 1. The molecular weight excluding hydrogens is 152 g/mol. The maximum absolute atomic E-state index is 5.53. The molecule has 0 fully saturated rings. The second kappa shape index (κ2) is 2.81. The van der Waals surface area contributed by atoms with Crippen LogP contribution in [0.15, 0.2) is 16.3 Å². The fourth-order valence-electron chi connectivity index (χ4n) is 1.88. The predicted octanol–water partition coefficient (Wildman–Crippen LogP) is 1.55. The third-order valence-electron chi connectivity index (χ3n) is 2.51. The van der Waals surface area contributed by atoms with E-state index < -0.39 is 0 Å². The third-order valence-corrected chi connectivity index (χ3v) is 2.51. The van der Waals surface area contributed by atoms with E-state index in [-0.39, 0.29) is 6.04 Å². The lowest BCUT2D eigenvalue weighted by atomic mass is 9.93. The number of aliphatic imine (C=N–C) groups is 1. The summed E-state index contributed by atoms with van der Waals surface area (Å²) in [6.45, 7) is 2.08. The lowest BCUT2D eigenvalue weighted by Gasteiger charge is -2.26. The van der Waals surface area contributed by atoms with Gasteiger partial charge in [0.1, 0.15) is 5.76 Å². The molecule has 2 N–H and O–H groups in total. The van der Waals surface area contributed by atoms with Crippen LogP contribution in [0.3, 0.4) is 0 Å². The predicted molar refractivity (Wildman–Crippen MR) is 47.7 cm³/mol. The van der Waals surface area contributed by atoms with Gasteiger partial charge in [-0.2, -0.15) is 0 Å². The molecule has 0 amide bonds. The number of amidine groups is 1. The maximum atomic E-state index is 5.53. The van der Waals surface area contributed by atoms with E-state index in [1.807, 2.05) is 0 Å². The van der Waals surface area contributed by atoms with Crippen molar-refractivity contribution >= 4 is 6.02 Å². The molecule has 1 aliphatic carbocycles. The lowest BCUT2D eigenvalue weighted by Crippen LogP contribution is -2.27. The Bertz CT molecular complexity index is 255. The fourth-order valence-corrected chi connectivity index (χ4v) is 1.88. The van der Waals surface area contributed by atoms with E-state index in [0.717, 1.165) is 18.6 Å². The summed E-state index contributed by atoms with van der Waals surface area (Å²) in [5.74, 6) is 1.08. The summed E-state index contributed by atoms with van der Waals surface area (Å²) in [5, 5.41) is 0. The monoisotopic (exact) mass is 166 g/mol. The van der Waals surface area contributed by atoms with E-state index in [2.05, 4.69) is 11.9 Å². The quantitative estimate of drug-likeness (QED) is 0.593. The molecule has 1 heterocycles. The van der Waals surface area contributed by atoms with Gasteiger partial charge in [-0.05, 0) is 31.8 Å².